The third-order valence-electron chi connectivity index (χ3n) is 1.40. The molecule has 15 heavy (non-hydrogen) atoms. The maximum Gasteiger partial charge on any atom is 0.508 e. The number of rotatable bonds is 5. The first-order valence-corrected chi connectivity index (χ1v) is 3.99. The molecule has 1 radical (unpaired) electrons. The van der Waals surface area contributed by atoms with Crippen molar-refractivity contribution in [3.8, 4) is 0 Å². The Morgan fingerprint density at radius 2 is 2.20 bits per heavy atom. The van der Waals surface area contributed by atoms with Crippen LogP contribution in [0.4, 0.5) is 9.18 Å². The van der Waals surface area contributed by atoms with Crippen LogP contribution >= 0.6 is 0 Å². The number of hydrogen-bond donors (Lipinski definition) is 1. The van der Waals surface area contributed by atoms with E-state index in [1.807, 2.05) is 0 Å². The number of hydrogen-bond acceptors (Lipinski definition) is 6. The van der Waals surface area contributed by atoms with Gasteiger partial charge in [-0.2, -0.15) is 0 Å². The first-order chi connectivity index (χ1) is 7.02. The molecule has 0 aliphatic carbocycles. The summed E-state index contributed by atoms with van der Waals surface area (Å²) < 4.78 is 21.8. The van der Waals surface area contributed by atoms with Crippen LogP contribution in [0.3, 0.4) is 0 Å². The Morgan fingerprint density at radius 1 is 1.60 bits per heavy atom. The Morgan fingerprint density at radius 3 is 2.60 bits per heavy atom. The molecule has 0 aliphatic rings. The molecule has 0 spiro atoms. The number of aliphatic hydroxyl groups excluding tert-OH is 1. The summed E-state index contributed by atoms with van der Waals surface area (Å²) in [7, 11) is 2.28. The molecule has 0 aromatic rings. The maximum atomic E-state index is 13.2. The van der Waals surface area contributed by atoms with Gasteiger partial charge in [-0.3, -0.25) is 0 Å². The van der Waals surface area contributed by atoms with E-state index in [1.165, 1.54) is 7.11 Å². The highest BCUT2D eigenvalue weighted by Gasteiger charge is 2.29. The van der Waals surface area contributed by atoms with Gasteiger partial charge in [0.2, 0.25) is 0 Å². The van der Waals surface area contributed by atoms with Crippen molar-refractivity contribution in [2.24, 2.45) is 5.16 Å². The second kappa shape index (κ2) is 6.99. The predicted molar refractivity (Wildman–Crippen MR) is 49.0 cm³/mol. The van der Waals surface area contributed by atoms with Crippen LogP contribution in [0.25, 0.3) is 0 Å². The van der Waals surface area contributed by atoms with Gasteiger partial charge in [-0.1, -0.05) is 5.16 Å². The van der Waals surface area contributed by atoms with Crippen molar-refractivity contribution in [1.29, 1.82) is 0 Å². The molecule has 0 aromatic carbocycles. The lowest BCUT2D eigenvalue weighted by Gasteiger charge is -2.20. The summed E-state index contributed by atoms with van der Waals surface area (Å²) in [6.07, 6.45) is -5.14. The van der Waals surface area contributed by atoms with E-state index >= 15 is 0 Å². The Hall–Kier alpha value is -1.37. The average Bonchev–Trinajstić information content (AvgIpc) is 2.21. The number of aliphatic hydroxyl groups is 1. The second-order valence-electron chi connectivity index (χ2n) is 2.49. The van der Waals surface area contributed by atoms with Crippen molar-refractivity contribution < 1.29 is 28.6 Å². The summed E-state index contributed by atoms with van der Waals surface area (Å²) in [5.41, 5.74) is 0. The van der Waals surface area contributed by atoms with E-state index in [-0.39, 0.29) is 0 Å². The summed E-state index contributed by atoms with van der Waals surface area (Å²) in [5.74, 6) is 0. The van der Waals surface area contributed by atoms with Gasteiger partial charge in [0.25, 0.3) is 0 Å². The molecule has 1 N–H and O–H groups in total. The Kier molecular flexibility index (Phi) is 6.35. The molecule has 6 nitrogen and oxygen atoms in total. The van der Waals surface area contributed by atoms with Gasteiger partial charge in [-0.25, -0.2) is 9.18 Å². The molecule has 0 saturated carbocycles. The van der Waals surface area contributed by atoms with Gasteiger partial charge in [0.15, 0.2) is 12.3 Å². The molecule has 0 saturated heterocycles. The zero-order valence-electron chi connectivity index (χ0n) is 8.42. The fraction of sp³-hybridized carbons (Fsp3) is 0.625. The molecule has 87 valence electrons. The summed E-state index contributed by atoms with van der Waals surface area (Å²) in [5, 5.41) is 12.2. The van der Waals surface area contributed by atoms with Crippen LogP contribution in [0.15, 0.2) is 5.16 Å². The summed E-state index contributed by atoms with van der Waals surface area (Å²) in [6.45, 7) is 3.14. The van der Waals surface area contributed by atoms with Gasteiger partial charge in [0.05, 0.1) is 19.4 Å². The molecule has 3 atom stereocenters. The highest BCUT2D eigenvalue weighted by molar-refractivity contribution is 5.65. The SMILES string of the molecule is [CH2][C@@H](O)[C@@H](OC(=O)OC)[C@H](F)C=NOC. The molecule has 0 rings (SSSR count). The van der Waals surface area contributed by atoms with Crippen molar-refractivity contribution >= 4 is 12.4 Å². The lowest BCUT2D eigenvalue weighted by Crippen LogP contribution is -2.38. The van der Waals surface area contributed by atoms with Crippen LogP contribution < -0.4 is 0 Å². The molecular formula is C8H13FNO5. The van der Waals surface area contributed by atoms with Gasteiger partial charge < -0.3 is 19.4 Å². The minimum atomic E-state index is -1.84. The number of halogens is 1. The van der Waals surface area contributed by atoms with E-state index in [0.29, 0.717) is 0 Å². The zero-order chi connectivity index (χ0) is 11.8. The normalized spacial score (nSPS) is 16.9. The fourth-order valence-electron chi connectivity index (χ4n) is 0.719. The fourth-order valence-corrected chi connectivity index (χ4v) is 0.719. The topological polar surface area (TPSA) is 77.4 Å². The van der Waals surface area contributed by atoms with E-state index in [1.54, 1.807) is 0 Å². The first-order valence-electron chi connectivity index (χ1n) is 3.99. The van der Waals surface area contributed by atoms with E-state index in [4.69, 9.17) is 5.11 Å². The van der Waals surface area contributed by atoms with Gasteiger partial charge in [0.1, 0.15) is 7.11 Å². The van der Waals surface area contributed by atoms with E-state index < -0.39 is 24.5 Å². The van der Waals surface area contributed by atoms with E-state index in [2.05, 4.69) is 26.4 Å². The minimum absolute atomic E-state index is 0.738. The molecule has 7 heteroatoms. The molecule has 0 unspecified atom stereocenters. The number of carbonyl (C=O) groups is 1. The molecule has 0 aliphatic heterocycles. The molecule has 0 amide bonds. The standard InChI is InChI=1S/C8H13FNO5/c1-5(11)7(15-8(12)13-2)6(9)4-10-14-3/h4-7,11H,1H2,2-3H3/t5-,6-,7-/m1/s1. The lowest BCUT2D eigenvalue weighted by atomic mass is 10.1. The van der Waals surface area contributed by atoms with Crippen LogP contribution in [-0.4, -0.2) is 50.1 Å². The smallest absolute Gasteiger partial charge is 0.438 e. The molecule has 0 heterocycles. The van der Waals surface area contributed by atoms with Crippen LogP contribution in [0, 0.1) is 6.92 Å². The van der Waals surface area contributed by atoms with Crippen molar-refractivity contribution in [3.63, 3.8) is 0 Å². The summed E-state index contributed by atoms with van der Waals surface area (Å²) in [4.78, 5) is 14.9. The third-order valence-corrected chi connectivity index (χ3v) is 1.40. The Labute approximate surface area is 86.6 Å². The predicted octanol–water partition coefficient (Wildman–Crippen LogP) is 0.303. The molecule has 0 aromatic heterocycles. The highest BCUT2D eigenvalue weighted by atomic mass is 19.1. The number of methoxy groups -OCH3 is 1. The average molecular weight is 222 g/mol. The van der Waals surface area contributed by atoms with Crippen LogP contribution in [0.5, 0.6) is 0 Å². The van der Waals surface area contributed by atoms with Crippen molar-refractivity contribution in [1.82, 2.24) is 0 Å². The molecular weight excluding hydrogens is 209 g/mol. The quantitative estimate of drug-likeness (QED) is 0.411. The number of nitrogens with zero attached hydrogens (tertiary/aromatic N) is 1. The maximum absolute atomic E-state index is 13.2. The van der Waals surface area contributed by atoms with Crippen LogP contribution in [0.1, 0.15) is 0 Å². The number of oxime groups is 1. The number of alkyl halides is 1. The second-order valence-corrected chi connectivity index (χ2v) is 2.49. The Bertz CT molecular complexity index is 221. The van der Waals surface area contributed by atoms with Crippen molar-refractivity contribution in [2.75, 3.05) is 14.2 Å². The van der Waals surface area contributed by atoms with E-state index in [0.717, 1.165) is 13.3 Å². The van der Waals surface area contributed by atoms with Gasteiger partial charge >= 0.3 is 6.16 Å². The summed E-state index contributed by atoms with van der Waals surface area (Å²) in [6, 6.07) is 0. The first kappa shape index (κ1) is 13.6. The van der Waals surface area contributed by atoms with Gasteiger partial charge in [-0.15, -0.1) is 0 Å². The monoisotopic (exact) mass is 222 g/mol. The summed E-state index contributed by atoms with van der Waals surface area (Å²) >= 11 is 0. The van der Waals surface area contributed by atoms with Crippen molar-refractivity contribution in [2.45, 2.75) is 18.4 Å². The van der Waals surface area contributed by atoms with Crippen LogP contribution in [0.2, 0.25) is 0 Å². The largest absolute Gasteiger partial charge is 0.508 e. The molecule has 0 fully saturated rings. The molecule has 0 bridgehead atoms. The highest BCUT2D eigenvalue weighted by Crippen LogP contribution is 2.08. The van der Waals surface area contributed by atoms with Gasteiger partial charge in [-0.05, 0) is 6.92 Å². The number of ether oxygens (including phenoxy) is 2. The third kappa shape index (κ3) is 5.16. The lowest BCUT2D eigenvalue weighted by molar-refractivity contribution is -0.0307. The van der Waals surface area contributed by atoms with Gasteiger partial charge in [0, 0.05) is 0 Å². The Balaban J connectivity index is 4.37. The van der Waals surface area contributed by atoms with Crippen molar-refractivity contribution in [3.05, 3.63) is 6.92 Å². The van der Waals surface area contributed by atoms with E-state index in [9.17, 15) is 9.18 Å². The van der Waals surface area contributed by atoms with Crippen LogP contribution in [-0.2, 0) is 14.3 Å². The zero-order valence-corrected chi connectivity index (χ0v) is 8.42. The number of carbonyl (C=O) groups excluding carboxylic acids is 1. The minimum Gasteiger partial charge on any atom is -0.438 e.